The third-order valence-corrected chi connectivity index (χ3v) is 3.43. The van der Waals surface area contributed by atoms with Crippen molar-refractivity contribution in [1.82, 2.24) is 5.32 Å². The van der Waals surface area contributed by atoms with Gasteiger partial charge in [0.1, 0.15) is 6.61 Å². The summed E-state index contributed by atoms with van der Waals surface area (Å²) in [6.07, 6.45) is 3.19. The van der Waals surface area contributed by atoms with Crippen LogP contribution in [0.2, 0.25) is 0 Å². The Hall–Kier alpha value is -1.88. The van der Waals surface area contributed by atoms with E-state index in [9.17, 15) is 4.79 Å². The Balaban J connectivity index is 1.63. The zero-order chi connectivity index (χ0) is 14.2. The molecule has 1 aliphatic carbocycles. The van der Waals surface area contributed by atoms with E-state index in [1.54, 1.807) is 0 Å². The Morgan fingerprint density at radius 2 is 2.00 bits per heavy atom. The van der Waals surface area contributed by atoms with Gasteiger partial charge in [0.05, 0.1) is 11.8 Å². The molecule has 0 spiro atoms. The largest absolute Gasteiger partial charge is 0.411 e. The summed E-state index contributed by atoms with van der Waals surface area (Å²) >= 11 is 0. The van der Waals surface area contributed by atoms with Crippen molar-refractivity contribution in [2.24, 2.45) is 5.16 Å². The Bertz CT molecular complexity index is 449. The summed E-state index contributed by atoms with van der Waals surface area (Å²) in [5.41, 5.74) is 1.89. The first-order chi connectivity index (χ1) is 9.78. The predicted octanol–water partition coefficient (Wildman–Crippen LogP) is 2.09. The van der Waals surface area contributed by atoms with Crippen LogP contribution >= 0.6 is 0 Å². The first-order valence-electron chi connectivity index (χ1n) is 6.90. The van der Waals surface area contributed by atoms with Crippen LogP contribution in [0.5, 0.6) is 0 Å². The zero-order valence-electron chi connectivity index (χ0n) is 11.4. The highest BCUT2D eigenvalue weighted by atomic mass is 16.5. The molecule has 0 radical (unpaired) electrons. The Labute approximate surface area is 118 Å². The van der Waals surface area contributed by atoms with Gasteiger partial charge in [0.15, 0.2) is 0 Å². The summed E-state index contributed by atoms with van der Waals surface area (Å²) in [7, 11) is 0. The van der Waals surface area contributed by atoms with E-state index in [1.165, 1.54) is 0 Å². The number of amides is 1. The molecular formula is C15H20N2O3. The van der Waals surface area contributed by atoms with Gasteiger partial charge in [-0.15, -0.1) is 0 Å². The van der Waals surface area contributed by atoms with Crippen LogP contribution in [0.15, 0.2) is 35.5 Å². The molecule has 108 valence electrons. The van der Waals surface area contributed by atoms with Gasteiger partial charge in [-0.2, -0.15) is 0 Å². The van der Waals surface area contributed by atoms with Crippen LogP contribution in [-0.2, 0) is 16.1 Å². The molecule has 0 aromatic heterocycles. The number of rotatable bonds is 5. The molecule has 1 aromatic carbocycles. The molecule has 1 aliphatic rings. The number of carbonyl (C=O) groups excluding carboxylic acids is 1. The van der Waals surface area contributed by atoms with Crippen molar-refractivity contribution >= 4 is 11.6 Å². The molecule has 5 nitrogen and oxygen atoms in total. The van der Waals surface area contributed by atoms with Crippen molar-refractivity contribution in [3.63, 3.8) is 0 Å². The maximum Gasteiger partial charge on any atom is 0.246 e. The average Bonchev–Trinajstić information content (AvgIpc) is 2.52. The minimum absolute atomic E-state index is 0.0861. The Kier molecular flexibility index (Phi) is 5.55. The predicted molar refractivity (Wildman–Crippen MR) is 75.7 cm³/mol. The summed E-state index contributed by atoms with van der Waals surface area (Å²) in [5, 5.41) is 14.7. The molecule has 0 heterocycles. The smallest absolute Gasteiger partial charge is 0.246 e. The van der Waals surface area contributed by atoms with Gasteiger partial charge < -0.3 is 15.3 Å². The number of hydrogen-bond acceptors (Lipinski definition) is 4. The molecule has 0 saturated heterocycles. The highest BCUT2D eigenvalue weighted by Crippen LogP contribution is 2.18. The van der Waals surface area contributed by atoms with Gasteiger partial charge in [0.25, 0.3) is 0 Å². The maximum atomic E-state index is 11.7. The quantitative estimate of drug-likeness (QED) is 0.639. The summed E-state index contributed by atoms with van der Waals surface area (Å²) in [6, 6.07) is 9.78. The van der Waals surface area contributed by atoms with Crippen molar-refractivity contribution < 1.29 is 14.7 Å². The number of oxime groups is 1. The molecule has 1 aromatic rings. The number of nitrogens with zero attached hydrogens (tertiary/aromatic N) is 1. The van der Waals surface area contributed by atoms with Gasteiger partial charge in [-0.05, 0) is 31.2 Å². The minimum Gasteiger partial charge on any atom is -0.411 e. The van der Waals surface area contributed by atoms with E-state index in [2.05, 4.69) is 10.5 Å². The van der Waals surface area contributed by atoms with Gasteiger partial charge in [-0.25, -0.2) is 0 Å². The Morgan fingerprint density at radius 1 is 1.30 bits per heavy atom. The highest BCUT2D eigenvalue weighted by molar-refractivity contribution is 5.84. The van der Waals surface area contributed by atoms with E-state index in [0.29, 0.717) is 6.54 Å². The normalized spacial score (nSPS) is 18.6. The lowest BCUT2D eigenvalue weighted by molar-refractivity contribution is -0.128. The molecule has 0 unspecified atom stereocenters. The van der Waals surface area contributed by atoms with Gasteiger partial charge in [-0.3, -0.25) is 4.79 Å². The van der Waals surface area contributed by atoms with Gasteiger partial charge >= 0.3 is 0 Å². The SMILES string of the molecule is O=C(COC1CCC(=NO)CC1)NCc1ccccc1. The second-order valence-electron chi connectivity index (χ2n) is 4.94. The van der Waals surface area contributed by atoms with Gasteiger partial charge in [-0.1, -0.05) is 35.5 Å². The van der Waals surface area contributed by atoms with Crippen molar-refractivity contribution in [3.05, 3.63) is 35.9 Å². The molecule has 1 saturated carbocycles. The lowest BCUT2D eigenvalue weighted by Gasteiger charge is -2.22. The van der Waals surface area contributed by atoms with Crippen molar-refractivity contribution in [3.8, 4) is 0 Å². The van der Waals surface area contributed by atoms with Crippen LogP contribution in [-0.4, -0.2) is 29.5 Å². The molecule has 1 amide bonds. The fourth-order valence-corrected chi connectivity index (χ4v) is 2.23. The van der Waals surface area contributed by atoms with Crippen molar-refractivity contribution in [1.29, 1.82) is 0 Å². The van der Waals surface area contributed by atoms with Crippen molar-refractivity contribution in [2.75, 3.05) is 6.61 Å². The molecule has 2 N–H and O–H groups in total. The zero-order valence-corrected chi connectivity index (χ0v) is 11.4. The van der Waals surface area contributed by atoms with Crippen LogP contribution in [0.3, 0.4) is 0 Å². The Morgan fingerprint density at radius 3 is 2.65 bits per heavy atom. The molecule has 0 atom stereocenters. The number of carbonyl (C=O) groups is 1. The number of hydrogen-bond donors (Lipinski definition) is 2. The van der Waals surface area contributed by atoms with Gasteiger partial charge in [0.2, 0.25) is 5.91 Å². The van der Waals surface area contributed by atoms with E-state index in [1.807, 2.05) is 30.3 Å². The number of ether oxygens (including phenoxy) is 1. The lowest BCUT2D eigenvalue weighted by Crippen LogP contribution is -2.31. The highest BCUT2D eigenvalue weighted by Gasteiger charge is 2.19. The number of nitrogens with one attached hydrogen (secondary N) is 1. The standard InChI is InChI=1S/C15H20N2O3/c18-15(16-10-12-4-2-1-3-5-12)11-20-14-8-6-13(17-19)7-9-14/h1-5,14,19H,6-11H2,(H,16,18). The van der Waals surface area contributed by atoms with Gasteiger partial charge in [0, 0.05) is 6.54 Å². The van der Waals surface area contributed by atoms with Crippen LogP contribution in [0, 0.1) is 0 Å². The van der Waals surface area contributed by atoms with Crippen molar-refractivity contribution in [2.45, 2.75) is 38.3 Å². The van der Waals surface area contributed by atoms with E-state index >= 15 is 0 Å². The lowest BCUT2D eigenvalue weighted by atomic mass is 9.96. The van der Waals surface area contributed by atoms with Crippen LogP contribution in [0.1, 0.15) is 31.2 Å². The number of benzene rings is 1. The molecule has 5 heteroatoms. The fraction of sp³-hybridized carbons (Fsp3) is 0.467. The fourth-order valence-electron chi connectivity index (χ4n) is 2.23. The second-order valence-corrected chi connectivity index (χ2v) is 4.94. The topological polar surface area (TPSA) is 70.9 Å². The second kappa shape index (κ2) is 7.65. The minimum atomic E-state index is -0.101. The van der Waals surface area contributed by atoms with E-state index < -0.39 is 0 Å². The van der Waals surface area contributed by atoms with E-state index in [-0.39, 0.29) is 18.6 Å². The third-order valence-electron chi connectivity index (χ3n) is 3.43. The first kappa shape index (κ1) is 14.5. The summed E-state index contributed by atoms with van der Waals surface area (Å²) in [6.45, 7) is 0.609. The molecule has 1 fully saturated rings. The van der Waals surface area contributed by atoms with E-state index in [4.69, 9.17) is 9.94 Å². The molecule has 2 rings (SSSR count). The van der Waals surface area contributed by atoms with Crippen LogP contribution in [0.25, 0.3) is 0 Å². The maximum absolute atomic E-state index is 11.7. The van der Waals surface area contributed by atoms with E-state index in [0.717, 1.165) is 37.0 Å². The first-order valence-corrected chi connectivity index (χ1v) is 6.90. The monoisotopic (exact) mass is 276 g/mol. The van der Waals surface area contributed by atoms with Crippen LogP contribution in [0.4, 0.5) is 0 Å². The average molecular weight is 276 g/mol. The third kappa shape index (κ3) is 4.66. The molecule has 20 heavy (non-hydrogen) atoms. The molecule has 0 aliphatic heterocycles. The summed E-state index contributed by atoms with van der Waals surface area (Å²) in [4.78, 5) is 11.7. The summed E-state index contributed by atoms with van der Waals surface area (Å²) < 4.78 is 5.58. The van der Waals surface area contributed by atoms with Crippen LogP contribution < -0.4 is 5.32 Å². The summed E-state index contributed by atoms with van der Waals surface area (Å²) in [5.74, 6) is -0.101. The molecular weight excluding hydrogens is 256 g/mol. The molecule has 0 bridgehead atoms.